The molecular weight excluding hydrogens is 230 g/mol. The summed E-state index contributed by atoms with van der Waals surface area (Å²) < 4.78 is 0. The lowest BCUT2D eigenvalue weighted by Gasteiger charge is -2.37. The summed E-state index contributed by atoms with van der Waals surface area (Å²) in [6.07, 6.45) is 1.68. The summed E-state index contributed by atoms with van der Waals surface area (Å²) in [4.78, 5) is 12.8. The number of aromatic nitrogens is 2. The van der Waals surface area contributed by atoms with Crippen molar-refractivity contribution >= 4 is 11.8 Å². The van der Waals surface area contributed by atoms with Crippen LogP contribution in [-0.4, -0.2) is 58.3 Å². The van der Waals surface area contributed by atoms with Crippen LogP contribution in [0.15, 0.2) is 12.3 Å². The number of hydrogen-bond acceptors (Lipinski definition) is 6. The number of piperazine rings is 1. The minimum absolute atomic E-state index is 0.499. The number of β-amino-alcohol motifs (C(OH)–C–C–N with tert-alkyl or cyclic N) is 1. The number of aliphatic hydroxyl groups is 1. The number of anilines is 2. The molecule has 6 nitrogen and oxygen atoms in total. The Morgan fingerprint density at radius 1 is 1.33 bits per heavy atom. The van der Waals surface area contributed by atoms with E-state index in [4.69, 9.17) is 5.73 Å². The predicted molar refractivity (Wildman–Crippen MR) is 71.4 cm³/mol. The minimum atomic E-state index is -0.643. The molecule has 100 valence electrons. The Balaban J connectivity index is 1.91. The van der Waals surface area contributed by atoms with Crippen LogP contribution in [0.2, 0.25) is 0 Å². The molecular formula is C12H21N5O. The lowest BCUT2D eigenvalue weighted by Crippen LogP contribution is -2.50. The molecule has 0 aromatic carbocycles. The average molecular weight is 251 g/mol. The maximum atomic E-state index is 9.79. The molecule has 6 heteroatoms. The number of nitrogens with zero attached hydrogens (tertiary/aromatic N) is 4. The van der Waals surface area contributed by atoms with Crippen molar-refractivity contribution in [1.82, 2.24) is 14.9 Å². The fourth-order valence-electron chi connectivity index (χ4n) is 2.17. The van der Waals surface area contributed by atoms with Crippen LogP contribution in [0.4, 0.5) is 11.8 Å². The van der Waals surface area contributed by atoms with Gasteiger partial charge in [0.05, 0.1) is 5.60 Å². The maximum Gasteiger partial charge on any atom is 0.227 e. The standard InChI is InChI=1S/C12H21N5O/c1-12(2,18)9-16-5-7-17(8-6-16)11-14-4-3-10(13)15-11/h3-4,18H,5-9H2,1-2H3,(H2,13,14,15). The van der Waals surface area contributed by atoms with Crippen molar-refractivity contribution < 1.29 is 5.11 Å². The fourth-order valence-corrected chi connectivity index (χ4v) is 2.17. The van der Waals surface area contributed by atoms with Crippen LogP contribution >= 0.6 is 0 Å². The highest BCUT2D eigenvalue weighted by Crippen LogP contribution is 2.13. The molecule has 0 bridgehead atoms. The van der Waals surface area contributed by atoms with Gasteiger partial charge in [0.1, 0.15) is 5.82 Å². The molecule has 2 rings (SSSR count). The number of nitrogen functional groups attached to an aromatic ring is 1. The second-order valence-corrected chi connectivity index (χ2v) is 5.36. The Labute approximate surface area is 107 Å². The average Bonchev–Trinajstić information content (AvgIpc) is 2.28. The first-order valence-electron chi connectivity index (χ1n) is 6.22. The molecule has 1 aromatic rings. The molecule has 1 aliphatic heterocycles. The summed E-state index contributed by atoms with van der Waals surface area (Å²) in [6.45, 7) is 7.89. The summed E-state index contributed by atoms with van der Waals surface area (Å²) in [6, 6.07) is 1.69. The lowest BCUT2D eigenvalue weighted by molar-refractivity contribution is 0.0344. The van der Waals surface area contributed by atoms with E-state index >= 15 is 0 Å². The van der Waals surface area contributed by atoms with E-state index in [2.05, 4.69) is 19.8 Å². The Morgan fingerprint density at radius 3 is 2.56 bits per heavy atom. The normalized spacial score (nSPS) is 18.1. The topological polar surface area (TPSA) is 78.5 Å². The van der Waals surface area contributed by atoms with E-state index in [0.717, 1.165) is 26.2 Å². The molecule has 1 aliphatic rings. The van der Waals surface area contributed by atoms with Crippen LogP contribution in [0.5, 0.6) is 0 Å². The molecule has 3 N–H and O–H groups in total. The molecule has 0 radical (unpaired) electrons. The van der Waals surface area contributed by atoms with Crippen LogP contribution in [0.1, 0.15) is 13.8 Å². The lowest BCUT2D eigenvalue weighted by atomic mass is 10.1. The minimum Gasteiger partial charge on any atom is -0.389 e. The highest BCUT2D eigenvalue weighted by Gasteiger charge is 2.23. The molecule has 0 atom stereocenters. The van der Waals surface area contributed by atoms with Crippen molar-refractivity contribution in [3.8, 4) is 0 Å². The molecule has 2 heterocycles. The Kier molecular flexibility index (Phi) is 3.68. The van der Waals surface area contributed by atoms with Crippen molar-refractivity contribution in [2.75, 3.05) is 43.4 Å². The summed E-state index contributed by atoms with van der Waals surface area (Å²) >= 11 is 0. The van der Waals surface area contributed by atoms with Crippen LogP contribution < -0.4 is 10.6 Å². The number of nitrogens with two attached hydrogens (primary N) is 1. The van der Waals surface area contributed by atoms with Crippen LogP contribution in [-0.2, 0) is 0 Å². The maximum absolute atomic E-state index is 9.79. The summed E-state index contributed by atoms with van der Waals surface area (Å²) in [7, 11) is 0. The van der Waals surface area contributed by atoms with Gasteiger partial charge in [0.15, 0.2) is 0 Å². The Bertz CT molecular complexity index is 396. The van der Waals surface area contributed by atoms with Gasteiger partial charge in [-0.15, -0.1) is 0 Å². The van der Waals surface area contributed by atoms with Gasteiger partial charge in [-0.05, 0) is 19.9 Å². The van der Waals surface area contributed by atoms with Gasteiger partial charge >= 0.3 is 0 Å². The molecule has 1 saturated heterocycles. The van der Waals surface area contributed by atoms with Crippen molar-refractivity contribution in [2.24, 2.45) is 0 Å². The van der Waals surface area contributed by atoms with Gasteiger partial charge in [0.2, 0.25) is 5.95 Å². The van der Waals surface area contributed by atoms with Crippen LogP contribution in [0, 0.1) is 0 Å². The first-order chi connectivity index (χ1) is 8.44. The molecule has 0 unspecified atom stereocenters. The molecule has 18 heavy (non-hydrogen) atoms. The van der Waals surface area contributed by atoms with E-state index < -0.39 is 5.60 Å². The second-order valence-electron chi connectivity index (χ2n) is 5.36. The zero-order valence-corrected chi connectivity index (χ0v) is 11.0. The number of hydrogen-bond donors (Lipinski definition) is 2. The van der Waals surface area contributed by atoms with Gasteiger partial charge in [-0.1, -0.05) is 0 Å². The van der Waals surface area contributed by atoms with E-state index in [9.17, 15) is 5.11 Å². The van der Waals surface area contributed by atoms with Gasteiger partial charge in [0.25, 0.3) is 0 Å². The molecule has 0 spiro atoms. The van der Waals surface area contributed by atoms with Gasteiger partial charge in [-0.2, -0.15) is 4.98 Å². The molecule has 0 saturated carbocycles. The smallest absolute Gasteiger partial charge is 0.227 e. The molecule has 1 aromatic heterocycles. The van der Waals surface area contributed by atoms with E-state index in [1.165, 1.54) is 0 Å². The Morgan fingerprint density at radius 2 is 2.00 bits per heavy atom. The predicted octanol–water partition coefficient (Wildman–Crippen LogP) is -0.0483. The third-order valence-corrected chi connectivity index (χ3v) is 2.93. The molecule has 0 amide bonds. The third-order valence-electron chi connectivity index (χ3n) is 2.93. The van der Waals surface area contributed by atoms with Crippen LogP contribution in [0.3, 0.4) is 0 Å². The van der Waals surface area contributed by atoms with Crippen LogP contribution in [0.25, 0.3) is 0 Å². The molecule has 1 fully saturated rings. The van der Waals surface area contributed by atoms with E-state index in [1.807, 2.05) is 13.8 Å². The Hall–Kier alpha value is -1.40. The quantitative estimate of drug-likeness (QED) is 0.784. The zero-order valence-electron chi connectivity index (χ0n) is 11.0. The van der Waals surface area contributed by atoms with E-state index in [0.29, 0.717) is 18.3 Å². The van der Waals surface area contributed by atoms with E-state index in [-0.39, 0.29) is 0 Å². The van der Waals surface area contributed by atoms with Crippen molar-refractivity contribution in [3.05, 3.63) is 12.3 Å². The second kappa shape index (κ2) is 5.07. The van der Waals surface area contributed by atoms with Gasteiger partial charge < -0.3 is 15.7 Å². The summed E-state index contributed by atoms with van der Waals surface area (Å²) in [5.41, 5.74) is 5.01. The summed E-state index contributed by atoms with van der Waals surface area (Å²) in [5.74, 6) is 1.19. The van der Waals surface area contributed by atoms with Gasteiger partial charge in [-0.25, -0.2) is 4.98 Å². The van der Waals surface area contributed by atoms with Gasteiger partial charge in [-0.3, -0.25) is 4.90 Å². The highest BCUT2D eigenvalue weighted by atomic mass is 16.3. The zero-order chi connectivity index (χ0) is 13.2. The largest absolute Gasteiger partial charge is 0.389 e. The summed E-state index contributed by atoms with van der Waals surface area (Å²) in [5, 5.41) is 9.79. The van der Waals surface area contributed by atoms with Gasteiger partial charge in [0, 0.05) is 38.9 Å². The fraction of sp³-hybridized carbons (Fsp3) is 0.667. The van der Waals surface area contributed by atoms with E-state index in [1.54, 1.807) is 12.3 Å². The van der Waals surface area contributed by atoms with Crippen molar-refractivity contribution in [3.63, 3.8) is 0 Å². The third kappa shape index (κ3) is 3.54. The van der Waals surface area contributed by atoms with Crippen molar-refractivity contribution in [2.45, 2.75) is 19.4 Å². The first kappa shape index (κ1) is 13.0. The molecule has 0 aliphatic carbocycles. The highest BCUT2D eigenvalue weighted by molar-refractivity contribution is 5.38. The SMILES string of the molecule is CC(C)(O)CN1CCN(c2nccc(N)n2)CC1. The van der Waals surface area contributed by atoms with Crippen molar-refractivity contribution in [1.29, 1.82) is 0 Å². The number of rotatable bonds is 3. The first-order valence-corrected chi connectivity index (χ1v) is 6.22. The monoisotopic (exact) mass is 251 g/mol.